The molecule has 1 amide bonds. The Bertz CT molecular complexity index is 579. The Morgan fingerprint density at radius 1 is 1.35 bits per heavy atom. The van der Waals surface area contributed by atoms with Crippen molar-refractivity contribution in [2.45, 2.75) is 43.5 Å². The Morgan fingerprint density at radius 2 is 1.95 bits per heavy atom. The number of nitrogens with one attached hydrogen (secondary N) is 1. The molecular weight excluding hydrogens is 298 g/mol. The third-order valence-electron chi connectivity index (χ3n) is 3.54. The second-order valence-electron chi connectivity index (χ2n) is 5.22. The van der Waals surface area contributed by atoms with Crippen molar-refractivity contribution in [2.75, 3.05) is 0 Å². The number of hydrogen-bond donors (Lipinski definition) is 1. The van der Waals surface area contributed by atoms with Crippen molar-refractivity contribution in [2.24, 2.45) is 5.92 Å². The molecular formula is C14H18ClNO3S. The average molecular weight is 316 g/mol. The molecule has 2 rings (SSSR count). The predicted molar refractivity (Wildman–Crippen MR) is 78.4 cm³/mol. The molecule has 4 nitrogen and oxygen atoms in total. The number of benzene rings is 1. The molecule has 0 bridgehead atoms. The van der Waals surface area contributed by atoms with Crippen molar-refractivity contribution >= 4 is 25.6 Å². The standard InChI is InChI=1S/C14H18ClNO3S/c1-2-12(9-10-3-4-10)16-14(17)11-5-7-13(8-6-11)20(15,18)19/h5-8,10,12H,2-4,9H2,1H3,(H,16,17). The van der Waals surface area contributed by atoms with Crippen LogP contribution in [0.4, 0.5) is 0 Å². The highest BCUT2D eigenvalue weighted by molar-refractivity contribution is 8.13. The molecule has 1 aromatic carbocycles. The molecule has 6 heteroatoms. The zero-order valence-electron chi connectivity index (χ0n) is 11.3. The lowest BCUT2D eigenvalue weighted by Crippen LogP contribution is -2.34. The first kappa shape index (κ1) is 15.3. The van der Waals surface area contributed by atoms with E-state index < -0.39 is 9.05 Å². The van der Waals surface area contributed by atoms with Crippen molar-refractivity contribution in [3.63, 3.8) is 0 Å². The van der Waals surface area contributed by atoms with Gasteiger partial charge in [-0.2, -0.15) is 0 Å². The highest BCUT2D eigenvalue weighted by Crippen LogP contribution is 2.34. The fraction of sp³-hybridized carbons (Fsp3) is 0.500. The van der Waals surface area contributed by atoms with Gasteiger partial charge in [0.2, 0.25) is 0 Å². The van der Waals surface area contributed by atoms with Crippen LogP contribution in [0.5, 0.6) is 0 Å². The smallest absolute Gasteiger partial charge is 0.261 e. The van der Waals surface area contributed by atoms with Crippen LogP contribution in [-0.2, 0) is 9.05 Å². The van der Waals surface area contributed by atoms with Crippen LogP contribution < -0.4 is 5.32 Å². The maximum Gasteiger partial charge on any atom is 0.261 e. The van der Waals surface area contributed by atoms with E-state index in [-0.39, 0.29) is 16.8 Å². The van der Waals surface area contributed by atoms with E-state index in [0.29, 0.717) is 5.56 Å². The zero-order valence-corrected chi connectivity index (χ0v) is 12.9. The minimum Gasteiger partial charge on any atom is -0.349 e. The Hall–Kier alpha value is -1.07. The summed E-state index contributed by atoms with van der Waals surface area (Å²) in [5, 5.41) is 2.99. The summed E-state index contributed by atoms with van der Waals surface area (Å²) in [5.74, 6) is 0.583. The van der Waals surface area contributed by atoms with E-state index in [1.165, 1.54) is 37.1 Å². The summed E-state index contributed by atoms with van der Waals surface area (Å²) < 4.78 is 22.3. The SMILES string of the molecule is CCC(CC1CC1)NC(=O)c1ccc(S(=O)(=O)Cl)cc1. The maximum absolute atomic E-state index is 12.1. The molecule has 0 saturated heterocycles. The Balaban J connectivity index is 2.01. The van der Waals surface area contributed by atoms with Gasteiger partial charge < -0.3 is 5.32 Å². The second kappa shape index (κ2) is 6.14. The van der Waals surface area contributed by atoms with E-state index in [2.05, 4.69) is 12.2 Å². The molecule has 0 heterocycles. The molecule has 0 spiro atoms. The van der Waals surface area contributed by atoms with Gasteiger partial charge in [-0.15, -0.1) is 0 Å². The Morgan fingerprint density at radius 3 is 2.40 bits per heavy atom. The minimum atomic E-state index is -3.74. The lowest BCUT2D eigenvalue weighted by atomic mass is 10.1. The first-order valence-corrected chi connectivity index (χ1v) is 9.06. The highest BCUT2D eigenvalue weighted by Gasteiger charge is 2.25. The summed E-state index contributed by atoms with van der Waals surface area (Å²) >= 11 is 0. The van der Waals surface area contributed by atoms with Gasteiger partial charge >= 0.3 is 0 Å². The molecule has 1 aliphatic carbocycles. The van der Waals surface area contributed by atoms with Crippen LogP contribution in [0.15, 0.2) is 29.2 Å². The number of hydrogen-bond acceptors (Lipinski definition) is 3. The molecule has 0 radical (unpaired) electrons. The fourth-order valence-corrected chi connectivity index (χ4v) is 2.89. The van der Waals surface area contributed by atoms with Crippen LogP contribution in [0.2, 0.25) is 0 Å². The number of halogens is 1. The topological polar surface area (TPSA) is 63.2 Å². The van der Waals surface area contributed by atoms with E-state index in [0.717, 1.165) is 18.8 Å². The molecule has 1 aliphatic rings. The molecule has 0 aliphatic heterocycles. The summed E-state index contributed by atoms with van der Waals surface area (Å²) in [5.41, 5.74) is 0.448. The van der Waals surface area contributed by atoms with E-state index in [1.54, 1.807) is 0 Å². The van der Waals surface area contributed by atoms with E-state index in [9.17, 15) is 13.2 Å². The molecule has 1 N–H and O–H groups in total. The fourth-order valence-electron chi connectivity index (χ4n) is 2.12. The van der Waals surface area contributed by atoms with E-state index >= 15 is 0 Å². The summed E-state index contributed by atoms with van der Waals surface area (Å²) in [6.07, 6.45) is 4.44. The zero-order chi connectivity index (χ0) is 14.8. The lowest BCUT2D eigenvalue weighted by molar-refractivity contribution is 0.0932. The van der Waals surface area contributed by atoms with Gasteiger partial charge in [0.25, 0.3) is 15.0 Å². The van der Waals surface area contributed by atoms with Crippen LogP contribution in [0.3, 0.4) is 0 Å². The third-order valence-corrected chi connectivity index (χ3v) is 4.91. The maximum atomic E-state index is 12.1. The molecule has 20 heavy (non-hydrogen) atoms. The van der Waals surface area contributed by atoms with Crippen molar-refractivity contribution in [3.05, 3.63) is 29.8 Å². The molecule has 1 saturated carbocycles. The van der Waals surface area contributed by atoms with Gasteiger partial charge in [0.1, 0.15) is 0 Å². The van der Waals surface area contributed by atoms with Gasteiger partial charge in [-0.25, -0.2) is 8.42 Å². The first-order chi connectivity index (χ1) is 9.40. The minimum absolute atomic E-state index is 0.000684. The quantitative estimate of drug-likeness (QED) is 0.821. The van der Waals surface area contributed by atoms with Crippen molar-refractivity contribution in [3.8, 4) is 0 Å². The van der Waals surface area contributed by atoms with Crippen LogP contribution in [0.1, 0.15) is 43.0 Å². The van der Waals surface area contributed by atoms with Crippen molar-refractivity contribution in [1.29, 1.82) is 0 Å². The van der Waals surface area contributed by atoms with Crippen LogP contribution >= 0.6 is 10.7 Å². The van der Waals surface area contributed by atoms with Crippen LogP contribution in [-0.4, -0.2) is 20.4 Å². The predicted octanol–water partition coefficient (Wildman–Crippen LogP) is 2.92. The van der Waals surface area contributed by atoms with Crippen LogP contribution in [0, 0.1) is 5.92 Å². The molecule has 1 atom stereocenters. The molecule has 1 fully saturated rings. The summed E-state index contributed by atoms with van der Waals surface area (Å²) in [7, 11) is 1.49. The lowest BCUT2D eigenvalue weighted by Gasteiger charge is -2.16. The second-order valence-corrected chi connectivity index (χ2v) is 7.79. The molecule has 0 aromatic heterocycles. The normalized spacial score (nSPS) is 16.7. The highest BCUT2D eigenvalue weighted by atomic mass is 35.7. The monoisotopic (exact) mass is 315 g/mol. The third kappa shape index (κ3) is 4.21. The average Bonchev–Trinajstić information content (AvgIpc) is 3.21. The number of amides is 1. The van der Waals surface area contributed by atoms with Gasteiger partial charge in [0.15, 0.2) is 0 Å². The number of rotatable bonds is 6. The number of carbonyl (C=O) groups is 1. The van der Waals surface area contributed by atoms with Gasteiger partial charge in [0, 0.05) is 22.3 Å². The first-order valence-electron chi connectivity index (χ1n) is 6.75. The van der Waals surface area contributed by atoms with Gasteiger partial charge in [0.05, 0.1) is 4.90 Å². The molecule has 1 unspecified atom stereocenters. The largest absolute Gasteiger partial charge is 0.349 e. The van der Waals surface area contributed by atoms with Gasteiger partial charge in [-0.1, -0.05) is 19.8 Å². The number of carbonyl (C=O) groups excluding carboxylic acids is 1. The summed E-state index contributed by atoms with van der Waals surface area (Å²) in [4.78, 5) is 12.1. The van der Waals surface area contributed by atoms with Crippen molar-refractivity contribution in [1.82, 2.24) is 5.32 Å². The van der Waals surface area contributed by atoms with E-state index in [1.807, 2.05) is 0 Å². The van der Waals surface area contributed by atoms with Crippen LogP contribution in [0.25, 0.3) is 0 Å². The van der Waals surface area contributed by atoms with Crippen molar-refractivity contribution < 1.29 is 13.2 Å². The molecule has 110 valence electrons. The van der Waals surface area contributed by atoms with E-state index in [4.69, 9.17) is 10.7 Å². The Kier molecular flexibility index (Phi) is 4.70. The van der Waals surface area contributed by atoms with Gasteiger partial charge in [-0.3, -0.25) is 4.79 Å². The molecule has 1 aromatic rings. The Labute approximate surface area is 123 Å². The summed E-state index contributed by atoms with van der Waals surface area (Å²) in [6.45, 7) is 2.05. The summed E-state index contributed by atoms with van der Waals surface area (Å²) in [6, 6.07) is 5.84. The van der Waals surface area contributed by atoms with Gasteiger partial charge in [-0.05, 0) is 43.0 Å².